The second-order valence-electron chi connectivity index (χ2n) is 12.8. The van der Waals surface area contributed by atoms with Crippen LogP contribution in [0.4, 0.5) is 5.69 Å². The molecule has 0 aliphatic carbocycles. The monoisotopic (exact) mass is 693 g/mol. The van der Waals surface area contributed by atoms with Gasteiger partial charge in [0, 0.05) is 34.1 Å². The molecule has 10 heteroatoms. The Kier molecular flexibility index (Phi) is 11.4. The van der Waals surface area contributed by atoms with Crippen LogP contribution in [0.25, 0.3) is 0 Å². The Bertz CT molecular complexity index is 1800. The first kappa shape index (κ1) is 36.0. The Morgan fingerprint density at radius 1 is 0.787 bits per heavy atom. The zero-order valence-corrected chi connectivity index (χ0v) is 29.9. The van der Waals surface area contributed by atoms with Gasteiger partial charge in [-0.1, -0.05) is 83.4 Å². The van der Waals surface area contributed by atoms with Gasteiger partial charge in [0.25, 0.3) is 10.0 Å². The molecular formula is C37H41Cl2N3O4S. The van der Waals surface area contributed by atoms with E-state index in [1.165, 1.54) is 17.0 Å². The number of rotatable bonds is 11. The van der Waals surface area contributed by atoms with Crippen molar-refractivity contribution in [3.05, 3.63) is 129 Å². The topological polar surface area (TPSA) is 86.8 Å². The molecule has 1 N–H and O–H groups in total. The SMILES string of the molecule is Cc1ccc(S(=O)(=O)N(CC(=O)N(Cc2c(Cl)cccc2Cl)[C@@H](Cc2ccccc2)C(=O)NC(C)(C)C)c2cc(C)cc(C)c2)cc1. The lowest BCUT2D eigenvalue weighted by atomic mass is 10.0. The highest BCUT2D eigenvalue weighted by Gasteiger charge is 2.36. The fourth-order valence-electron chi connectivity index (χ4n) is 5.32. The van der Waals surface area contributed by atoms with Crippen molar-refractivity contribution in [3.63, 3.8) is 0 Å². The van der Waals surface area contributed by atoms with E-state index in [9.17, 15) is 18.0 Å². The second kappa shape index (κ2) is 14.9. The van der Waals surface area contributed by atoms with Crippen LogP contribution in [0.3, 0.4) is 0 Å². The van der Waals surface area contributed by atoms with Crippen molar-refractivity contribution in [1.29, 1.82) is 0 Å². The zero-order chi connectivity index (χ0) is 34.5. The minimum atomic E-state index is -4.22. The van der Waals surface area contributed by atoms with Crippen LogP contribution < -0.4 is 9.62 Å². The van der Waals surface area contributed by atoms with Gasteiger partial charge in [-0.05, 0) is 94.6 Å². The van der Waals surface area contributed by atoms with E-state index in [-0.39, 0.29) is 17.9 Å². The maximum atomic E-state index is 14.7. The van der Waals surface area contributed by atoms with E-state index in [2.05, 4.69) is 5.32 Å². The number of hydrogen-bond donors (Lipinski definition) is 1. The van der Waals surface area contributed by atoms with Gasteiger partial charge in [-0.2, -0.15) is 0 Å². The van der Waals surface area contributed by atoms with Crippen LogP contribution >= 0.6 is 23.2 Å². The highest BCUT2D eigenvalue weighted by Crippen LogP contribution is 2.30. The lowest BCUT2D eigenvalue weighted by Crippen LogP contribution is -2.56. The van der Waals surface area contributed by atoms with E-state index < -0.39 is 40.0 Å². The van der Waals surface area contributed by atoms with Gasteiger partial charge in [0.1, 0.15) is 12.6 Å². The van der Waals surface area contributed by atoms with Crippen LogP contribution in [0.2, 0.25) is 10.0 Å². The number of hydrogen-bond acceptors (Lipinski definition) is 4. The molecule has 4 aromatic rings. The third-order valence-corrected chi connectivity index (χ3v) is 10.0. The zero-order valence-electron chi connectivity index (χ0n) is 27.6. The summed E-state index contributed by atoms with van der Waals surface area (Å²) in [6.07, 6.45) is 0.171. The lowest BCUT2D eigenvalue weighted by Gasteiger charge is -2.35. The van der Waals surface area contributed by atoms with Crippen molar-refractivity contribution in [3.8, 4) is 0 Å². The largest absolute Gasteiger partial charge is 0.350 e. The quantitative estimate of drug-likeness (QED) is 0.175. The summed E-state index contributed by atoms with van der Waals surface area (Å²) in [7, 11) is -4.22. The van der Waals surface area contributed by atoms with Crippen LogP contribution in [0.1, 0.15) is 48.6 Å². The normalized spacial score (nSPS) is 12.3. The van der Waals surface area contributed by atoms with Gasteiger partial charge in [-0.25, -0.2) is 8.42 Å². The first-order valence-electron chi connectivity index (χ1n) is 15.3. The molecule has 0 aliphatic rings. The summed E-state index contributed by atoms with van der Waals surface area (Å²) in [6.45, 7) is 10.5. The minimum absolute atomic E-state index is 0.0436. The van der Waals surface area contributed by atoms with E-state index in [1.807, 2.05) is 77.9 Å². The standard InChI is InChI=1S/C37H41Cl2N3O4S/c1-25-15-17-30(18-16-25)47(45,46)42(29-20-26(2)19-27(3)21-29)24-35(43)41(23-31-32(38)13-10-14-33(31)39)34(36(44)40-37(4,5)6)22-28-11-8-7-9-12-28/h7-21,34H,22-24H2,1-6H3,(H,40,44)/t34-/m0/s1. The molecule has 4 rings (SSSR count). The molecule has 0 radical (unpaired) electrons. The molecule has 0 fully saturated rings. The number of nitrogens with zero attached hydrogens (tertiary/aromatic N) is 2. The third kappa shape index (κ3) is 9.37. The van der Waals surface area contributed by atoms with Crippen LogP contribution in [0, 0.1) is 20.8 Å². The Morgan fingerprint density at radius 2 is 1.36 bits per heavy atom. The van der Waals surface area contributed by atoms with Gasteiger partial charge in [-0.15, -0.1) is 0 Å². The van der Waals surface area contributed by atoms with Gasteiger partial charge in [0.2, 0.25) is 11.8 Å². The van der Waals surface area contributed by atoms with E-state index in [1.54, 1.807) is 42.5 Å². The number of carbonyl (C=O) groups is 2. The molecule has 47 heavy (non-hydrogen) atoms. The van der Waals surface area contributed by atoms with Crippen molar-refractivity contribution < 1.29 is 18.0 Å². The highest BCUT2D eigenvalue weighted by atomic mass is 35.5. The van der Waals surface area contributed by atoms with E-state index >= 15 is 0 Å². The van der Waals surface area contributed by atoms with Crippen molar-refractivity contribution in [2.75, 3.05) is 10.8 Å². The summed E-state index contributed by atoms with van der Waals surface area (Å²) in [6, 6.07) is 25.2. The summed E-state index contributed by atoms with van der Waals surface area (Å²) in [4.78, 5) is 30.2. The molecule has 0 aromatic heterocycles. The van der Waals surface area contributed by atoms with Gasteiger partial charge >= 0.3 is 0 Å². The third-order valence-electron chi connectivity index (χ3n) is 7.54. The average molecular weight is 695 g/mol. The summed E-state index contributed by atoms with van der Waals surface area (Å²) in [5.74, 6) is -0.988. The van der Waals surface area contributed by atoms with E-state index in [0.29, 0.717) is 21.3 Å². The molecule has 1 atom stereocenters. The molecular weight excluding hydrogens is 653 g/mol. The maximum absolute atomic E-state index is 14.7. The minimum Gasteiger partial charge on any atom is -0.350 e. The number of carbonyl (C=O) groups excluding carboxylic acids is 2. The van der Waals surface area contributed by atoms with E-state index in [4.69, 9.17) is 23.2 Å². The molecule has 248 valence electrons. The molecule has 0 heterocycles. The average Bonchev–Trinajstić information content (AvgIpc) is 2.98. The van der Waals surface area contributed by atoms with Crippen LogP contribution in [0.15, 0.2) is 95.9 Å². The van der Waals surface area contributed by atoms with Gasteiger partial charge < -0.3 is 10.2 Å². The van der Waals surface area contributed by atoms with Gasteiger partial charge in [0.05, 0.1) is 10.6 Å². The van der Waals surface area contributed by atoms with E-state index in [0.717, 1.165) is 26.6 Å². The van der Waals surface area contributed by atoms with Crippen molar-refractivity contribution >= 4 is 50.7 Å². The highest BCUT2D eigenvalue weighted by molar-refractivity contribution is 7.92. The van der Waals surface area contributed by atoms with Crippen LogP contribution in [0.5, 0.6) is 0 Å². The summed E-state index contributed by atoms with van der Waals surface area (Å²) < 4.78 is 29.7. The lowest BCUT2D eigenvalue weighted by molar-refractivity contribution is -0.140. The summed E-state index contributed by atoms with van der Waals surface area (Å²) in [5, 5.41) is 3.67. The second-order valence-corrected chi connectivity index (χ2v) is 15.5. The van der Waals surface area contributed by atoms with Crippen molar-refractivity contribution in [2.24, 2.45) is 0 Å². The fraction of sp³-hybridized carbons (Fsp3) is 0.297. The van der Waals surface area contributed by atoms with Gasteiger partial charge in [-0.3, -0.25) is 13.9 Å². The van der Waals surface area contributed by atoms with Crippen molar-refractivity contribution in [1.82, 2.24) is 10.2 Å². The molecule has 0 unspecified atom stereocenters. The maximum Gasteiger partial charge on any atom is 0.264 e. The number of benzene rings is 4. The van der Waals surface area contributed by atoms with Crippen LogP contribution in [-0.4, -0.2) is 43.3 Å². The van der Waals surface area contributed by atoms with Crippen LogP contribution in [-0.2, 0) is 32.6 Å². The number of amides is 2. The number of aryl methyl sites for hydroxylation is 3. The molecule has 0 saturated carbocycles. The molecule has 0 saturated heterocycles. The number of nitrogens with one attached hydrogen (secondary N) is 1. The molecule has 0 aliphatic heterocycles. The predicted octanol–water partition coefficient (Wildman–Crippen LogP) is 7.67. The molecule has 0 bridgehead atoms. The predicted molar refractivity (Wildman–Crippen MR) is 190 cm³/mol. The summed E-state index contributed by atoms with van der Waals surface area (Å²) >= 11 is 13.2. The van der Waals surface area contributed by atoms with Gasteiger partial charge in [0.15, 0.2) is 0 Å². The molecule has 4 aromatic carbocycles. The Morgan fingerprint density at radius 3 is 1.91 bits per heavy atom. The first-order valence-corrected chi connectivity index (χ1v) is 17.5. The summed E-state index contributed by atoms with van der Waals surface area (Å²) in [5.41, 5.74) is 3.57. The smallest absolute Gasteiger partial charge is 0.264 e. The molecule has 0 spiro atoms. The number of anilines is 1. The van der Waals surface area contributed by atoms with Crippen molar-refractivity contribution in [2.45, 2.75) is 71.0 Å². The number of halogens is 2. The Labute approximate surface area is 288 Å². The Hall–Kier alpha value is -3.85. The number of sulfonamides is 1. The Balaban J connectivity index is 1.88. The first-order chi connectivity index (χ1) is 22.0. The fourth-order valence-corrected chi connectivity index (χ4v) is 7.24. The molecule has 2 amide bonds. The molecule has 7 nitrogen and oxygen atoms in total.